The molecule has 5 nitrogen and oxygen atoms in total. The number of nitrogens with one attached hydrogen (secondary N) is 2. The van der Waals surface area contributed by atoms with Gasteiger partial charge in [0.05, 0.1) is 24.6 Å². The number of fused-ring (bicyclic) bond motifs is 3. The van der Waals surface area contributed by atoms with Gasteiger partial charge in [-0.3, -0.25) is 4.79 Å². The third-order valence-electron chi connectivity index (χ3n) is 5.98. The summed E-state index contributed by atoms with van der Waals surface area (Å²) in [7, 11) is 0. The van der Waals surface area contributed by atoms with E-state index in [9.17, 15) is 4.79 Å². The second kappa shape index (κ2) is 7.32. The molecule has 1 aromatic heterocycles. The first kappa shape index (κ1) is 17.3. The smallest absolute Gasteiger partial charge is 0.227 e. The molecule has 1 aliphatic carbocycles. The molecule has 0 bridgehead atoms. The summed E-state index contributed by atoms with van der Waals surface area (Å²) in [4.78, 5) is 18.9. The zero-order valence-corrected chi connectivity index (χ0v) is 15.9. The Morgan fingerprint density at radius 2 is 1.86 bits per heavy atom. The van der Waals surface area contributed by atoms with Crippen molar-refractivity contribution < 1.29 is 9.53 Å². The van der Waals surface area contributed by atoms with Gasteiger partial charge in [0.25, 0.3) is 0 Å². The maximum atomic E-state index is 13.1. The Labute approximate surface area is 164 Å². The van der Waals surface area contributed by atoms with Crippen LogP contribution in [0.25, 0.3) is 10.9 Å². The monoisotopic (exact) mass is 375 g/mol. The van der Waals surface area contributed by atoms with Crippen LogP contribution in [0.2, 0.25) is 0 Å². The van der Waals surface area contributed by atoms with Gasteiger partial charge in [0.2, 0.25) is 5.91 Å². The molecule has 1 atom stereocenters. The van der Waals surface area contributed by atoms with Crippen LogP contribution in [0.3, 0.4) is 0 Å². The summed E-state index contributed by atoms with van der Waals surface area (Å²) >= 11 is 0. The first-order valence-corrected chi connectivity index (χ1v) is 10.1. The fourth-order valence-corrected chi connectivity index (χ4v) is 4.49. The summed E-state index contributed by atoms with van der Waals surface area (Å²) in [6.07, 6.45) is 2.60. The number of anilines is 2. The zero-order valence-electron chi connectivity index (χ0n) is 15.9. The van der Waals surface area contributed by atoms with Crippen molar-refractivity contribution in [1.29, 1.82) is 0 Å². The molecule has 1 fully saturated rings. The Morgan fingerprint density at radius 1 is 1.07 bits per heavy atom. The fraction of sp³-hybridized carbons (Fsp3) is 0.348. The normalized spacial score (nSPS) is 19.4. The number of ether oxygens (including phenoxy) is 1. The maximum Gasteiger partial charge on any atom is 0.227 e. The highest BCUT2D eigenvalue weighted by atomic mass is 16.5. The van der Waals surface area contributed by atoms with Crippen molar-refractivity contribution in [2.24, 2.45) is 5.92 Å². The van der Waals surface area contributed by atoms with E-state index in [1.807, 2.05) is 18.2 Å². The van der Waals surface area contributed by atoms with Gasteiger partial charge in [-0.2, -0.15) is 0 Å². The van der Waals surface area contributed by atoms with Crippen LogP contribution < -0.4 is 10.2 Å². The first-order valence-electron chi connectivity index (χ1n) is 10.1. The summed E-state index contributed by atoms with van der Waals surface area (Å²) < 4.78 is 5.47. The van der Waals surface area contributed by atoms with Crippen LogP contribution in [0.5, 0.6) is 0 Å². The highest BCUT2D eigenvalue weighted by Gasteiger charge is 2.28. The van der Waals surface area contributed by atoms with Crippen molar-refractivity contribution >= 4 is 28.2 Å². The lowest BCUT2D eigenvalue weighted by Crippen LogP contribution is -2.37. The third-order valence-corrected chi connectivity index (χ3v) is 5.98. The summed E-state index contributed by atoms with van der Waals surface area (Å²) in [5.41, 5.74) is 5.76. The van der Waals surface area contributed by atoms with E-state index in [1.165, 1.54) is 22.2 Å². The molecule has 3 aromatic rings. The number of hydrogen-bond donors (Lipinski definition) is 2. The lowest BCUT2D eigenvalue weighted by atomic mass is 9.85. The predicted octanol–water partition coefficient (Wildman–Crippen LogP) is 3.75. The van der Waals surface area contributed by atoms with E-state index in [2.05, 4.69) is 45.5 Å². The molecular weight excluding hydrogens is 350 g/mol. The largest absolute Gasteiger partial charge is 0.378 e. The molecule has 2 aliphatic rings. The number of carbonyl (C=O) groups excluding carboxylic acids is 1. The molecule has 2 heterocycles. The van der Waals surface area contributed by atoms with Gasteiger partial charge in [0.15, 0.2) is 0 Å². The number of rotatable bonds is 3. The molecule has 144 valence electrons. The van der Waals surface area contributed by atoms with Crippen LogP contribution in [0.4, 0.5) is 11.4 Å². The van der Waals surface area contributed by atoms with Crippen LogP contribution in [-0.4, -0.2) is 37.2 Å². The highest BCUT2D eigenvalue weighted by Crippen LogP contribution is 2.33. The quantitative estimate of drug-likeness (QED) is 0.733. The molecule has 2 N–H and O–H groups in total. The molecule has 1 saturated heterocycles. The number of benzene rings is 2. The summed E-state index contributed by atoms with van der Waals surface area (Å²) in [5, 5.41) is 4.47. The Bertz CT molecular complexity index is 1000. The van der Waals surface area contributed by atoms with Gasteiger partial charge >= 0.3 is 0 Å². The Balaban J connectivity index is 1.35. The molecule has 1 aliphatic heterocycles. The molecule has 1 amide bonds. The van der Waals surface area contributed by atoms with Crippen LogP contribution in [0.1, 0.15) is 17.7 Å². The van der Waals surface area contributed by atoms with Gasteiger partial charge in [0.1, 0.15) is 0 Å². The first-order chi connectivity index (χ1) is 13.8. The maximum absolute atomic E-state index is 13.1. The van der Waals surface area contributed by atoms with Crippen molar-refractivity contribution in [2.75, 3.05) is 36.5 Å². The number of aryl methyl sites for hydroxylation is 1. The fourth-order valence-electron chi connectivity index (χ4n) is 4.49. The van der Waals surface area contributed by atoms with Crippen molar-refractivity contribution in [3.05, 3.63) is 59.8 Å². The molecule has 0 radical (unpaired) electrons. The molecule has 5 heteroatoms. The average Bonchev–Trinajstić information content (AvgIpc) is 3.12. The Morgan fingerprint density at radius 3 is 2.75 bits per heavy atom. The minimum Gasteiger partial charge on any atom is -0.378 e. The number of para-hydroxylation sites is 3. The lowest BCUT2D eigenvalue weighted by Gasteiger charge is -2.31. The number of carbonyl (C=O) groups is 1. The molecular formula is C23H25N3O2. The highest BCUT2D eigenvalue weighted by molar-refractivity contribution is 5.97. The number of H-pyrrole nitrogens is 1. The number of nitrogens with zero attached hydrogens (tertiary/aromatic N) is 1. The summed E-state index contributed by atoms with van der Waals surface area (Å²) in [6, 6.07) is 16.5. The summed E-state index contributed by atoms with van der Waals surface area (Å²) in [6.45, 7) is 3.17. The van der Waals surface area contributed by atoms with Crippen LogP contribution in [0, 0.1) is 5.92 Å². The molecule has 1 unspecified atom stereocenters. The van der Waals surface area contributed by atoms with E-state index in [0.717, 1.165) is 56.9 Å². The number of hydrogen-bond acceptors (Lipinski definition) is 3. The number of aromatic nitrogens is 1. The van der Waals surface area contributed by atoms with E-state index in [-0.39, 0.29) is 11.8 Å². The molecule has 0 saturated carbocycles. The van der Waals surface area contributed by atoms with E-state index in [1.54, 1.807) is 0 Å². The number of amides is 1. The van der Waals surface area contributed by atoms with E-state index in [4.69, 9.17) is 4.74 Å². The minimum absolute atomic E-state index is 0.00412. The van der Waals surface area contributed by atoms with Crippen molar-refractivity contribution in [2.45, 2.75) is 19.3 Å². The third kappa shape index (κ3) is 3.16. The van der Waals surface area contributed by atoms with Crippen LogP contribution in [-0.2, 0) is 22.4 Å². The number of morpholine rings is 1. The molecule has 0 spiro atoms. The van der Waals surface area contributed by atoms with Gasteiger partial charge in [-0.1, -0.05) is 30.3 Å². The van der Waals surface area contributed by atoms with Gasteiger partial charge in [-0.05, 0) is 43.0 Å². The second-order valence-corrected chi connectivity index (χ2v) is 7.67. The van der Waals surface area contributed by atoms with Gasteiger partial charge in [-0.15, -0.1) is 0 Å². The lowest BCUT2D eigenvalue weighted by molar-refractivity contribution is -0.120. The molecule has 28 heavy (non-hydrogen) atoms. The number of aromatic amines is 1. The van der Waals surface area contributed by atoms with Gasteiger partial charge < -0.3 is 19.9 Å². The van der Waals surface area contributed by atoms with E-state index < -0.39 is 0 Å². The Hall–Kier alpha value is -2.79. The Kier molecular flexibility index (Phi) is 4.53. The minimum atomic E-state index is 0.00412. The van der Waals surface area contributed by atoms with Crippen LogP contribution >= 0.6 is 0 Å². The van der Waals surface area contributed by atoms with Gasteiger partial charge in [0, 0.05) is 35.6 Å². The predicted molar refractivity (Wildman–Crippen MR) is 112 cm³/mol. The SMILES string of the molecule is O=C(Nc1ccccc1N1CCOCC1)C1CCc2[nH]c3ccccc3c2C1. The van der Waals surface area contributed by atoms with Crippen molar-refractivity contribution in [3.8, 4) is 0 Å². The standard InChI is InChI=1S/C23H25N3O2/c27-23(25-21-7-3-4-8-22(21)26-11-13-28-14-12-26)16-9-10-20-18(15-16)17-5-1-2-6-19(17)24-20/h1-8,16,24H,9-15H2,(H,25,27). The van der Waals surface area contributed by atoms with Crippen LogP contribution in [0.15, 0.2) is 48.5 Å². The van der Waals surface area contributed by atoms with Gasteiger partial charge in [-0.25, -0.2) is 0 Å². The zero-order chi connectivity index (χ0) is 18.9. The van der Waals surface area contributed by atoms with Crippen molar-refractivity contribution in [1.82, 2.24) is 4.98 Å². The topological polar surface area (TPSA) is 57.4 Å². The van der Waals surface area contributed by atoms with E-state index >= 15 is 0 Å². The summed E-state index contributed by atoms with van der Waals surface area (Å²) in [5.74, 6) is 0.126. The molecule has 2 aromatic carbocycles. The second-order valence-electron chi connectivity index (χ2n) is 7.67. The average molecular weight is 375 g/mol. The van der Waals surface area contributed by atoms with E-state index in [0.29, 0.717) is 0 Å². The molecule has 5 rings (SSSR count). The van der Waals surface area contributed by atoms with Crippen molar-refractivity contribution in [3.63, 3.8) is 0 Å².